The fourth-order valence-corrected chi connectivity index (χ4v) is 3.79. The van der Waals surface area contributed by atoms with E-state index in [1.165, 1.54) is 0 Å². The zero-order valence-corrected chi connectivity index (χ0v) is 16.1. The molecule has 0 bridgehead atoms. The Morgan fingerprint density at radius 3 is 2.38 bits per heavy atom. The number of benzene rings is 2. The number of hydrogen-bond donors (Lipinski definition) is 2. The van der Waals surface area contributed by atoms with Gasteiger partial charge in [-0.15, -0.1) is 0 Å². The van der Waals surface area contributed by atoms with Crippen molar-refractivity contribution in [2.24, 2.45) is 0 Å². The van der Waals surface area contributed by atoms with Crippen molar-refractivity contribution >= 4 is 29.1 Å². The van der Waals surface area contributed by atoms with Gasteiger partial charge in [-0.2, -0.15) is 0 Å². The maximum atomic E-state index is 12.6. The van der Waals surface area contributed by atoms with Crippen LogP contribution in [-0.4, -0.2) is 54.8 Å². The lowest BCUT2D eigenvalue weighted by atomic mass is 10.1. The highest BCUT2D eigenvalue weighted by molar-refractivity contribution is 6.09. The van der Waals surface area contributed by atoms with E-state index in [-0.39, 0.29) is 30.6 Å². The molecule has 2 aliphatic rings. The molecule has 0 aliphatic carbocycles. The smallest absolute Gasteiger partial charge is 0.254 e. The second-order valence-corrected chi connectivity index (χ2v) is 7.30. The van der Waals surface area contributed by atoms with Gasteiger partial charge in [-0.25, -0.2) is 0 Å². The van der Waals surface area contributed by atoms with Crippen LogP contribution >= 0.6 is 0 Å². The largest absolute Gasteiger partial charge is 0.368 e. The number of hydrogen-bond acceptors (Lipinski definition) is 4. The molecule has 4 rings (SSSR count). The first-order valence-corrected chi connectivity index (χ1v) is 9.90. The van der Waals surface area contributed by atoms with E-state index in [0.717, 1.165) is 18.8 Å². The number of nitrogens with zero attached hydrogens (tertiary/aromatic N) is 2. The monoisotopic (exact) mass is 392 g/mol. The Hall–Kier alpha value is -3.35. The highest BCUT2D eigenvalue weighted by Crippen LogP contribution is 2.20. The summed E-state index contributed by atoms with van der Waals surface area (Å²) in [4.78, 5) is 41.6. The topological polar surface area (TPSA) is 81.8 Å². The van der Waals surface area contributed by atoms with Gasteiger partial charge in [-0.3, -0.25) is 14.4 Å². The van der Waals surface area contributed by atoms with Crippen molar-refractivity contribution in [3.05, 3.63) is 60.2 Å². The number of amides is 3. The lowest BCUT2D eigenvalue weighted by Crippen LogP contribution is -2.49. The molecule has 1 atom stereocenters. The van der Waals surface area contributed by atoms with Crippen molar-refractivity contribution in [2.45, 2.75) is 18.9 Å². The van der Waals surface area contributed by atoms with Crippen molar-refractivity contribution in [3.63, 3.8) is 0 Å². The molecular weight excluding hydrogens is 368 g/mol. The molecular formula is C22H24N4O3. The molecule has 3 amide bonds. The van der Waals surface area contributed by atoms with E-state index >= 15 is 0 Å². The third-order valence-corrected chi connectivity index (χ3v) is 5.45. The first kappa shape index (κ1) is 19.0. The molecule has 150 valence electrons. The SMILES string of the molecule is O=C1N[C@H](CCC(=O)N2CCN(c3ccccc3)CC2)C(=O)Nc2ccccc21. The molecule has 7 nitrogen and oxygen atoms in total. The van der Waals surface area contributed by atoms with Crippen LogP contribution in [0.4, 0.5) is 11.4 Å². The first-order valence-electron chi connectivity index (χ1n) is 9.90. The Balaban J connectivity index is 1.30. The van der Waals surface area contributed by atoms with Crippen LogP contribution < -0.4 is 15.5 Å². The van der Waals surface area contributed by atoms with Gasteiger partial charge in [0.1, 0.15) is 6.04 Å². The minimum atomic E-state index is -0.718. The van der Waals surface area contributed by atoms with E-state index in [9.17, 15) is 14.4 Å². The molecule has 2 aliphatic heterocycles. The van der Waals surface area contributed by atoms with Crippen molar-refractivity contribution in [1.29, 1.82) is 0 Å². The van der Waals surface area contributed by atoms with Gasteiger partial charge >= 0.3 is 0 Å². The van der Waals surface area contributed by atoms with Crippen LogP contribution in [0.1, 0.15) is 23.2 Å². The maximum Gasteiger partial charge on any atom is 0.254 e. The normalized spacial score (nSPS) is 19.1. The summed E-state index contributed by atoms with van der Waals surface area (Å²) < 4.78 is 0. The lowest BCUT2D eigenvalue weighted by Gasteiger charge is -2.36. The van der Waals surface area contributed by atoms with Gasteiger partial charge in [-0.1, -0.05) is 30.3 Å². The van der Waals surface area contributed by atoms with Gasteiger partial charge in [0.25, 0.3) is 5.91 Å². The van der Waals surface area contributed by atoms with Gasteiger partial charge < -0.3 is 20.4 Å². The summed E-state index contributed by atoms with van der Waals surface area (Å²) in [5.41, 5.74) is 2.10. The number of carbonyl (C=O) groups excluding carboxylic acids is 3. The zero-order chi connectivity index (χ0) is 20.2. The Bertz CT molecular complexity index is 907. The van der Waals surface area contributed by atoms with Crippen LogP contribution in [0.2, 0.25) is 0 Å². The zero-order valence-electron chi connectivity index (χ0n) is 16.1. The summed E-state index contributed by atoms with van der Waals surface area (Å²) in [6.45, 7) is 2.88. The van der Waals surface area contributed by atoms with Gasteiger partial charge in [0, 0.05) is 38.3 Å². The highest BCUT2D eigenvalue weighted by atomic mass is 16.2. The lowest BCUT2D eigenvalue weighted by molar-refractivity contribution is -0.131. The molecule has 0 spiro atoms. The number of rotatable bonds is 4. The predicted octanol–water partition coefficient (Wildman–Crippen LogP) is 1.87. The van der Waals surface area contributed by atoms with Crippen LogP contribution in [0, 0.1) is 0 Å². The third-order valence-electron chi connectivity index (χ3n) is 5.45. The van der Waals surface area contributed by atoms with E-state index in [4.69, 9.17) is 0 Å². The molecule has 29 heavy (non-hydrogen) atoms. The van der Waals surface area contributed by atoms with Crippen LogP contribution in [0.25, 0.3) is 0 Å². The van der Waals surface area contributed by atoms with Gasteiger partial charge in [0.2, 0.25) is 11.8 Å². The average molecular weight is 392 g/mol. The number of piperazine rings is 1. The van der Waals surface area contributed by atoms with E-state index in [1.807, 2.05) is 23.1 Å². The number of carbonyl (C=O) groups is 3. The molecule has 2 heterocycles. The van der Waals surface area contributed by atoms with E-state index in [1.54, 1.807) is 24.3 Å². The van der Waals surface area contributed by atoms with Crippen molar-refractivity contribution < 1.29 is 14.4 Å². The summed E-state index contributed by atoms with van der Waals surface area (Å²) in [5.74, 6) is -0.570. The predicted molar refractivity (Wildman–Crippen MR) is 111 cm³/mol. The number of para-hydroxylation sites is 2. The summed E-state index contributed by atoms with van der Waals surface area (Å²) in [7, 11) is 0. The standard InChI is InChI=1S/C22H24N4O3/c27-20(26-14-12-25(13-15-26)16-6-2-1-3-7-16)11-10-19-22(29)23-18-9-5-4-8-17(18)21(28)24-19/h1-9,19H,10-15H2,(H,23,29)(H,24,28)/t19-/m1/s1. The first-order chi connectivity index (χ1) is 14.1. The van der Waals surface area contributed by atoms with E-state index in [2.05, 4.69) is 27.7 Å². The second kappa shape index (κ2) is 8.34. The molecule has 0 aromatic heterocycles. The Labute approximate surface area is 169 Å². The molecule has 1 fully saturated rings. The molecule has 2 aromatic rings. The average Bonchev–Trinajstić information content (AvgIpc) is 2.88. The van der Waals surface area contributed by atoms with E-state index in [0.29, 0.717) is 24.3 Å². The van der Waals surface area contributed by atoms with Gasteiger partial charge in [0.15, 0.2) is 0 Å². The quantitative estimate of drug-likeness (QED) is 0.832. The van der Waals surface area contributed by atoms with Crippen LogP contribution in [-0.2, 0) is 9.59 Å². The Morgan fingerprint density at radius 1 is 0.931 bits per heavy atom. The Kier molecular flexibility index (Phi) is 5.46. The van der Waals surface area contributed by atoms with Gasteiger partial charge in [0.05, 0.1) is 11.3 Å². The number of fused-ring (bicyclic) bond motifs is 1. The molecule has 0 unspecified atom stereocenters. The van der Waals surface area contributed by atoms with Crippen LogP contribution in [0.5, 0.6) is 0 Å². The van der Waals surface area contributed by atoms with Crippen molar-refractivity contribution in [2.75, 3.05) is 36.4 Å². The molecule has 1 saturated heterocycles. The molecule has 0 saturated carbocycles. The van der Waals surface area contributed by atoms with Crippen LogP contribution in [0.3, 0.4) is 0 Å². The summed E-state index contributed by atoms with van der Waals surface area (Å²) >= 11 is 0. The number of nitrogens with one attached hydrogen (secondary N) is 2. The van der Waals surface area contributed by atoms with Crippen LogP contribution in [0.15, 0.2) is 54.6 Å². The summed E-state index contributed by atoms with van der Waals surface area (Å²) in [6, 6.07) is 16.3. The molecule has 2 aromatic carbocycles. The molecule has 2 N–H and O–H groups in total. The van der Waals surface area contributed by atoms with Crippen molar-refractivity contribution in [1.82, 2.24) is 10.2 Å². The Morgan fingerprint density at radius 2 is 1.62 bits per heavy atom. The minimum Gasteiger partial charge on any atom is -0.368 e. The molecule has 7 heteroatoms. The summed E-state index contributed by atoms with van der Waals surface area (Å²) in [6.07, 6.45) is 0.503. The second-order valence-electron chi connectivity index (χ2n) is 7.30. The number of anilines is 2. The highest BCUT2D eigenvalue weighted by Gasteiger charge is 2.29. The van der Waals surface area contributed by atoms with Gasteiger partial charge in [-0.05, 0) is 30.7 Å². The maximum absolute atomic E-state index is 12.6. The summed E-state index contributed by atoms with van der Waals surface area (Å²) in [5, 5.41) is 5.52. The fraction of sp³-hybridized carbons (Fsp3) is 0.318. The minimum absolute atomic E-state index is 0.0153. The third kappa shape index (κ3) is 4.23. The molecule has 0 radical (unpaired) electrons. The van der Waals surface area contributed by atoms with Crippen molar-refractivity contribution in [3.8, 4) is 0 Å². The fourth-order valence-electron chi connectivity index (χ4n) is 3.79. The van der Waals surface area contributed by atoms with E-state index < -0.39 is 6.04 Å².